The van der Waals surface area contributed by atoms with Gasteiger partial charge in [0.05, 0.1) is 13.2 Å². The van der Waals surface area contributed by atoms with E-state index in [9.17, 15) is 18.0 Å². The van der Waals surface area contributed by atoms with Crippen LogP contribution in [0.4, 0.5) is 18.9 Å². The van der Waals surface area contributed by atoms with Crippen LogP contribution in [-0.4, -0.2) is 58.9 Å². The largest absolute Gasteiger partial charge is 0.451 e. The molecular formula is C16H17ClF3N5O2. The summed E-state index contributed by atoms with van der Waals surface area (Å²) in [6.45, 7) is 0.830. The minimum absolute atomic E-state index is 0.0872. The smallest absolute Gasteiger partial charge is 0.388 e. The Kier molecular flexibility index (Phi) is 5.56. The highest BCUT2D eigenvalue weighted by atomic mass is 35.5. The molecule has 1 aromatic carbocycles. The number of hydrogen-bond acceptors (Lipinski definition) is 5. The van der Waals surface area contributed by atoms with E-state index in [1.54, 1.807) is 19.2 Å². The minimum Gasteiger partial charge on any atom is -0.388 e. The quantitative estimate of drug-likeness (QED) is 0.849. The second-order valence-corrected chi connectivity index (χ2v) is 6.30. The number of carbonyl (C=O) groups is 1. The van der Waals surface area contributed by atoms with E-state index < -0.39 is 24.5 Å². The maximum Gasteiger partial charge on any atom is 0.451 e. The molecule has 2 aromatic rings. The Bertz CT molecular complexity index is 834. The van der Waals surface area contributed by atoms with Gasteiger partial charge in [0, 0.05) is 36.4 Å². The number of halogens is 4. The summed E-state index contributed by atoms with van der Waals surface area (Å²) in [5.41, 5.74) is 0.836. The van der Waals surface area contributed by atoms with E-state index in [1.165, 1.54) is 11.0 Å². The van der Waals surface area contributed by atoms with Crippen LogP contribution in [0.15, 0.2) is 18.2 Å². The van der Waals surface area contributed by atoms with Gasteiger partial charge in [0.15, 0.2) is 5.82 Å². The normalized spacial score (nSPS) is 15.1. The number of hydrogen-bond donors (Lipinski definition) is 1. The lowest BCUT2D eigenvalue weighted by atomic mass is 10.1. The lowest BCUT2D eigenvalue weighted by Gasteiger charge is -2.27. The number of ether oxygens (including phenoxy) is 1. The number of anilines is 1. The Morgan fingerprint density at radius 2 is 2.00 bits per heavy atom. The topological polar surface area (TPSA) is 72.3 Å². The van der Waals surface area contributed by atoms with Crippen molar-refractivity contribution in [2.75, 3.05) is 38.7 Å². The summed E-state index contributed by atoms with van der Waals surface area (Å²) in [5.74, 6) is -1.78. The first kappa shape index (κ1) is 19.4. The Hall–Kier alpha value is -2.33. The standard InChI is InChI=1S/C16H17ClF3N5O2/c1-21-12-3-2-10(17)8-11(12)14-22-23-15(16(18,19)20)25(14)9-13(26)24-4-6-27-7-5-24/h2-3,8,21H,4-7,9H2,1H3. The molecule has 0 atom stereocenters. The molecule has 1 saturated heterocycles. The summed E-state index contributed by atoms with van der Waals surface area (Å²) in [7, 11) is 1.62. The molecule has 0 spiro atoms. The molecule has 7 nitrogen and oxygen atoms in total. The van der Waals surface area contributed by atoms with Gasteiger partial charge < -0.3 is 15.0 Å². The number of morpholine rings is 1. The van der Waals surface area contributed by atoms with E-state index in [0.717, 1.165) is 4.57 Å². The van der Waals surface area contributed by atoms with Crippen LogP contribution in [0.25, 0.3) is 11.4 Å². The van der Waals surface area contributed by atoms with Crippen LogP contribution in [0.1, 0.15) is 5.82 Å². The maximum absolute atomic E-state index is 13.4. The van der Waals surface area contributed by atoms with Crippen molar-refractivity contribution in [2.24, 2.45) is 0 Å². The molecule has 146 valence electrons. The first-order valence-electron chi connectivity index (χ1n) is 8.15. The van der Waals surface area contributed by atoms with Crippen molar-refractivity contribution >= 4 is 23.2 Å². The lowest BCUT2D eigenvalue weighted by molar-refractivity contribution is -0.149. The Morgan fingerprint density at radius 3 is 2.63 bits per heavy atom. The van der Waals surface area contributed by atoms with Gasteiger partial charge in [-0.05, 0) is 18.2 Å². The van der Waals surface area contributed by atoms with E-state index in [0.29, 0.717) is 42.6 Å². The number of nitrogens with one attached hydrogen (secondary N) is 1. The van der Waals surface area contributed by atoms with Gasteiger partial charge in [-0.1, -0.05) is 11.6 Å². The highest BCUT2D eigenvalue weighted by Crippen LogP contribution is 2.34. The maximum atomic E-state index is 13.4. The molecule has 1 amide bonds. The number of carbonyl (C=O) groups excluding carboxylic acids is 1. The Balaban J connectivity index is 2.04. The summed E-state index contributed by atoms with van der Waals surface area (Å²) in [4.78, 5) is 14.0. The summed E-state index contributed by atoms with van der Waals surface area (Å²) in [6.07, 6.45) is -4.76. The van der Waals surface area contributed by atoms with E-state index in [1.807, 2.05) is 0 Å². The van der Waals surface area contributed by atoms with Gasteiger partial charge in [-0.3, -0.25) is 9.36 Å². The molecule has 1 aliphatic rings. The third-order valence-electron chi connectivity index (χ3n) is 4.15. The van der Waals surface area contributed by atoms with Crippen LogP contribution in [0.3, 0.4) is 0 Å². The van der Waals surface area contributed by atoms with E-state index in [2.05, 4.69) is 15.5 Å². The van der Waals surface area contributed by atoms with Crippen LogP contribution < -0.4 is 5.32 Å². The van der Waals surface area contributed by atoms with Crippen molar-refractivity contribution in [3.63, 3.8) is 0 Å². The van der Waals surface area contributed by atoms with Gasteiger partial charge in [0.1, 0.15) is 6.54 Å². The minimum atomic E-state index is -4.76. The third kappa shape index (κ3) is 4.16. The first-order valence-corrected chi connectivity index (χ1v) is 8.52. The number of alkyl halides is 3. The average Bonchev–Trinajstić information content (AvgIpc) is 3.06. The molecular weight excluding hydrogens is 387 g/mol. The van der Waals surface area contributed by atoms with Crippen LogP contribution in [0.2, 0.25) is 5.02 Å². The molecule has 1 N–H and O–H groups in total. The zero-order valence-electron chi connectivity index (χ0n) is 14.4. The molecule has 1 fully saturated rings. The molecule has 3 rings (SSSR count). The Labute approximate surface area is 158 Å². The number of amides is 1. The molecule has 0 unspecified atom stereocenters. The first-order chi connectivity index (χ1) is 12.8. The van der Waals surface area contributed by atoms with Gasteiger partial charge in [-0.25, -0.2) is 0 Å². The zero-order chi connectivity index (χ0) is 19.6. The third-order valence-corrected chi connectivity index (χ3v) is 4.39. The molecule has 1 aliphatic heterocycles. The molecule has 11 heteroatoms. The van der Waals surface area contributed by atoms with Crippen molar-refractivity contribution < 1.29 is 22.7 Å². The summed E-state index contributed by atoms with van der Waals surface area (Å²) >= 11 is 6.00. The van der Waals surface area contributed by atoms with E-state index in [4.69, 9.17) is 16.3 Å². The highest BCUT2D eigenvalue weighted by molar-refractivity contribution is 6.31. The van der Waals surface area contributed by atoms with Gasteiger partial charge in [0.2, 0.25) is 11.7 Å². The molecule has 0 bridgehead atoms. The van der Waals surface area contributed by atoms with Crippen LogP contribution in [0, 0.1) is 0 Å². The van der Waals surface area contributed by atoms with Crippen molar-refractivity contribution in [1.29, 1.82) is 0 Å². The molecule has 0 radical (unpaired) electrons. The zero-order valence-corrected chi connectivity index (χ0v) is 15.1. The molecule has 27 heavy (non-hydrogen) atoms. The van der Waals surface area contributed by atoms with E-state index in [-0.39, 0.29) is 5.82 Å². The fourth-order valence-corrected chi connectivity index (χ4v) is 3.00. The molecule has 0 aliphatic carbocycles. The summed E-state index contributed by atoms with van der Waals surface area (Å²) in [6, 6.07) is 4.70. The van der Waals surface area contributed by atoms with Gasteiger partial charge in [-0.2, -0.15) is 13.2 Å². The van der Waals surface area contributed by atoms with Crippen molar-refractivity contribution in [2.45, 2.75) is 12.7 Å². The van der Waals surface area contributed by atoms with Crippen molar-refractivity contribution in [3.05, 3.63) is 29.0 Å². The predicted molar refractivity (Wildman–Crippen MR) is 92.4 cm³/mol. The molecule has 2 heterocycles. The average molecular weight is 404 g/mol. The summed E-state index contributed by atoms with van der Waals surface area (Å²) < 4.78 is 46.2. The fraction of sp³-hybridized carbons (Fsp3) is 0.438. The monoisotopic (exact) mass is 403 g/mol. The Morgan fingerprint density at radius 1 is 1.30 bits per heavy atom. The number of benzene rings is 1. The predicted octanol–water partition coefficient (Wildman–Crippen LogP) is 2.52. The van der Waals surface area contributed by atoms with Gasteiger partial charge in [0.25, 0.3) is 0 Å². The fourth-order valence-electron chi connectivity index (χ4n) is 2.83. The molecule has 0 saturated carbocycles. The SMILES string of the molecule is CNc1ccc(Cl)cc1-c1nnc(C(F)(F)F)n1CC(=O)N1CCOCC1. The lowest BCUT2D eigenvalue weighted by Crippen LogP contribution is -2.42. The second-order valence-electron chi connectivity index (χ2n) is 5.86. The summed E-state index contributed by atoms with van der Waals surface area (Å²) in [5, 5.41) is 10.2. The van der Waals surface area contributed by atoms with E-state index >= 15 is 0 Å². The van der Waals surface area contributed by atoms with Crippen molar-refractivity contribution in [3.8, 4) is 11.4 Å². The van der Waals surface area contributed by atoms with Gasteiger partial charge >= 0.3 is 6.18 Å². The van der Waals surface area contributed by atoms with Crippen LogP contribution in [-0.2, 0) is 22.3 Å². The molecule has 1 aromatic heterocycles. The van der Waals surface area contributed by atoms with Gasteiger partial charge in [-0.15, -0.1) is 10.2 Å². The van der Waals surface area contributed by atoms with Crippen LogP contribution >= 0.6 is 11.6 Å². The second kappa shape index (κ2) is 7.73. The number of nitrogens with zero attached hydrogens (tertiary/aromatic N) is 4. The number of rotatable bonds is 4. The number of aromatic nitrogens is 3. The van der Waals surface area contributed by atoms with Crippen molar-refractivity contribution in [1.82, 2.24) is 19.7 Å². The highest BCUT2D eigenvalue weighted by Gasteiger charge is 2.39. The van der Waals surface area contributed by atoms with Crippen LogP contribution in [0.5, 0.6) is 0 Å².